The summed E-state index contributed by atoms with van der Waals surface area (Å²) in [7, 11) is 0. The fraction of sp³-hybridized carbons (Fsp3) is 0.818. The van der Waals surface area contributed by atoms with Gasteiger partial charge in [0.15, 0.2) is 0 Å². The highest BCUT2D eigenvalue weighted by Gasteiger charge is 2.28. The molecule has 1 saturated heterocycles. The van der Waals surface area contributed by atoms with Gasteiger partial charge in [-0.2, -0.15) is 11.8 Å². The number of amides is 1. The van der Waals surface area contributed by atoms with Crippen LogP contribution in [0.25, 0.3) is 0 Å². The maximum Gasteiger partial charge on any atom is 0.305 e. The predicted octanol–water partition coefficient (Wildman–Crippen LogP) is 0.832. The van der Waals surface area contributed by atoms with E-state index >= 15 is 0 Å². The smallest absolute Gasteiger partial charge is 0.305 e. The standard InChI is InChI=1S/C11H19NO4S/c1-2-5-17-8-10(13)12-3-4-16-7-9(12)6-11(14)15/h9H,2-8H2,1H3,(H,14,15). The molecule has 1 fully saturated rings. The van der Waals surface area contributed by atoms with Crippen LogP contribution in [0.1, 0.15) is 19.8 Å². The molecule has 0 saturated carbocycles. The van der Waals surface area contributed by atoms with E-state index in [0.717, 1.165) is 12.2 Å². The molecule has 98 valence electrons. The Labute approximate surface area is 105 Å². The number of ether oxygens (including phenoxy) is 1. The number of thioether (sulfide) groups is 1. The second-order valence-electron chi connectivity index (χ2n) is 3.97. The molecule has 0 aromatic heterocycles. The first-order valence-corrected chi connectivity index (χ1v) is 6.97. The molecule has 17 heavy (non-hydrogen) atoms. The van der Waals surface area contributed by atoms with Crippen molar-refractivity contribution in [3.63, 3.8) is 0 Å². The van der Waals surface area contributed by atoms with Crippen molar-refractivity contribution in [2.24, 2.45) is 0 Å². The molecule has 0 bridgehead atoms. The van der Waals surface area contributed by atoms with Gasteiger partial charge in [0.1, 0.15) is 0 Å². The largest absolute Gasteiger partial charge is 0.481 e. The van der Waals surface area contributed by atoms with Gasteiger partial charge >= 0.3 is 5.97 Å². The summed E-state index contributed by atoms with van der Waals surface area (Å²) >= 11 is 1.60. The predicted molar refractivity (Wildman–Crippen MR) is 66.2 cm³/mol. The molecule has 1 aliphatic heterocycles. The van der Waals surface area contributed by atoms with Crippen LogP contribution in [0, 0.1) is 0 Å². The number of carboxylic acid groups (broad SMARTS) is 1. The summed E-state index contributed by atoms with van der Waals surface area (Å²) in [5.41, 5.74) is 0. The Kier molecular flexibility index (Phi) is 6.36. The Morgan fingerprint density at radius 2 is 2.29 bits per heavy atom. The van der Waals surface area contributed by atoms with Gasteiger partial charge in [-0.05, 0) is 12.2 Å². The van der Waals surface area contributed by atoms with Crippen LogP contribution in [0.5, 0.6) is 0 Å². The lowest BCUT2D eigenvalue weighted by atomic mass is 10.1. The summed E-state index contributed by atoms with van der Waals surface area (Å²) in [4.78, 5) is 24.3. The van der Waals surface area contributed by atoms with Gasteiger partial charge in [-0.15, -0.1) is 0 Å². The van der Waals surface area contributed by atoms with Crippen LogP contribution < -0.4 is 0 Å². The number of carbonyl (C=O) groups is 2. The molecule has 0 aromatic carbocycles. The van der Waals surface area contributed by atoms with E-state index in [1.807, 2.05) is 0 Å². The number of carboxylic acids is 1. The number of morpholine rings is 1. The normalized spacial score (nSPS) is 20.3. The van der Waals surface area contributed by atoms with Crippen molar-refractivity contribution in [3.8, 4) is 0 Å². The average Bonchev–Trinajstić information content (AvgIpc) is 2.29. The lowest BCUT2D eigenvalue weighted by molar-refractivity contribution is -0.144. The molecular weight excluding hydrogens is 242 g/mol. The van der Waals surface area contributed by atoms with E-state index in [9.17, 15) is 9.59 Å². The van der Waals surface area contributed by atoms with Crippen molar-refractivity contribution in [2.45, 2.75) is 25.8 Å². The van der Waals surface area contributed by atoms with Gasteiger partial charge in [-0.3, -0.25) is 9.59 Å². The van der Waals surface area contributed by atoms with Crippen LogP contribution in [0.2, 0.25) is 0 Å². The van der Waals surface area contributed by atoms with Gasteiger partial charge in [0.05, 0.1) is 31.4 Å². The van der Waals surface area contributed by atoms with Crippen LogP contribution in [0.15, 0.2) is 0 Å². The molecule has 1 amide bonds. The number of carbonyl (C=O) groups excluding carboxylic acids is 1. The summed E-state index contributed by atoms with van der Waals surface area (Å²) in [6.07, 6.45) is 1.00. The number of hydrogen-bond acceptors (Lipinski definition) is 4. The van der Waals surface area contributed by atoms with Crippen LogP contribution >= 0.6 is 11.8 Å². The molecule has 6 heteroatoms. The third-order valence-corrected chi connectivity index (χ3v) is 3.68. The highest BCUT2D eigenvalue weighted by atomic mass is 32.2. The third-order valence-electron chi connectivity index (χ3n) is 2.53. The topological polar surface area (TPSA) is 66.8 Å². The average molecular weight is 261 g/mol. The molecule has 1 unspecified atom stereocenters. The van der Waals surface area contributed by atoms with Crippen LogP contribution in [0.3, 0.4) is 0 Å². The molecule has 1 aliphatic rings. The maximum absolute atomic E-state index is 11.9. The van der Waals surface area contributed by atoms with E-state index in [1.54, 1.807) is 16.7 Å². The first-order chi connectivity index (χ1) is 8.15. The van der Waals surface area contributed by atoms with Crippen molar-refractivity contribution < 1.29 is 19.4 Å². The number of hydrogen-bond donors (Lipinski definition) is 1. The first kappa shape index (κ1) is 14.3. The molecule has 1 rings (SSSR count). The van der Waals surface area contributed by atoms with Crippen molar-refractivity contribution in [3.05, 3.63) is 0 Å². The van der Waals surface area contributed by atoms with Crippen LogP contribution in [0.4, 0.5) is 0 Å². The summed E-state index contributed by atoms with van der Waals surface area (Å²) in [5.74, 6) is 0.529. The molecule has 0 radical (unpaired) electrons. The van der Waals surface area contributed by atoms with Crippen molar-refractivity contribution in [2.75, 3.05) is 31.3 Å². The number of aliphatic carboxylic acids is 1. The Balaban J connectivity index is 2.45. The van der Waals surface area contributed by atoms with Gasteiger partial charge < -0.3 is 14.7 Å². The summed E-state index contributed by atoms with van der Waals surface area (Å²) in [5, 5.41) is 8.78. The SMILES string of the molecule is CCCSCC(=O)N1CCOCC1CC(=O)O. The minimum absolute atomic E-state index is 0.0259. The molecule has 1 atom stereocenters. The molecule has 1 heterocycles. The Morgan fingerprint density at radius 3 is 2.94 bits per heavy atom. The van der Waals surface area contributed by atoms with Crippen LogP contribution in [-0.2, 0) is 14.3 Å². The molecule has 0 spiro atoms. The minimum atomic E-state index is -0.889. The highest BCUT2D eigenvalue weighted by Crippen LogP contribution is 2.13. The number of rotatable bonds is 6. The first-order valence-electron chi connectivity index (χ1n) is 5.82. The van der Waals surface area contributed by atoms with Gasteiger partial charge in [0, 0.05) is 6.54 Å². The summed E-state index contributed by atoms with van der Waals surface area (Å²) in [6, 6.07) is -0.309. The third kappa shape index (κ3) is 4.95. The van der Waals surface area contributed by atoms with Gasteiger partial charge in [0.25, 0.3) is 0 Å². The fourth-order valence-electron chi connectivity index (χ4n) is 1.74. The van der Waals surface area contributed by atoms with E-state index < -0.39 is 5.97 Å². The van der Waals surface area contributed by atoms with Crippen LogP contribution in [-0.4, -0.2) is 59.2 Å². The fourth-order valence-corrected chi connectivity index (χ4v) is 2.51. The van der Waals surface area contributed by atoms with Crippen molar-refractivity contribution >= 4 is 23.6 Å². The lowest BCUT2D eigenvalue weighted by Crippen LogP contribution is -2.50. The molecule has 0 aliphatic carbocycles. The lowest BCUT2D eigenvalue weighted by Gasteiger charge is -2.34. The van der Waals surface area contributed by atoms with E-state index in [4.69, 9.17) is 9.84 Å². The molecule has 0 aromatic rings. The monoisotopic (exact) mass is 261 g/mol. The van der Waals surface area contributed by atoms with Gasteiger partial charge in [-0.1, -0.05) is 6.92 Å². The zero-order valence-electron chi connectivity index (χ0n) is 10.1. The Morgan fingerprint density at radius 1 is 1.53 bits per heavy atom. The highest BCUT2D eigenvalue weighted by molar-refractivity contribution is 7.99. The second-order valence-corrected chi connectivity index (χ2v) is 5.07. The Bertz CT molecular complexity index is 272. The van der Waals surface area contributed by atoms with Crippen molar-refractivity contribution in [1.29, 1.82) is 0 Å². The van der Waals surface area contributed by atoms with E-state index in [2.05, 4.69) is 6.92 Å². The van der Waals surface area contributed by atoms with E-state index in [1.165, 1.54) is 0 Å². The van der Waals surface area contributed by atoms with Gasteiger partial charge in [-0.25, -0.2) is 0 Å². The van der Waals surface area contributed by atoms with Gasteiger partial charge in [0.2, 0.25) is 5.91 Å². The molecular formula is C11H19NO4S. The van der Waals surface area contributed by atoms with E-state index in [0.29, 0.717) is 25.5 Å². The molecule has 5 nitrogen and oxygen atoms in total. The maximum atomic E-state index is 11.9. The number of nitrogens with zero attached hydrogens (tertiary/aromatic N) is 1. The quantitative estimate of drug-likeness (QED) is 0.717. The summed E-state index contributed by atoms with van der Waals surface area (Å²) in [6.45, 7) is 3.40. The summed E-state index contributed by atoms with van der Waals surface area (Å²) < 4.78 is 5.23. The van der Waals surface area contributed by atoms with E-state index in [-0.39, 0.29) is 18.4 Å². The van der Waals surface area contributed by atoms with Crippen molar-refractivity contribution in [1.82, 2.24) is 4.90 Å². The second kappa shape index (κ2) is 7.55. The Hall–Kier alpha value is -0.750. The molecule has 1 N–H and O–H groups in total. The zero-order chi connectivity index (χ0) is 12.7. The minimum Gasteiger partial charge on any atom is -0.481 e. The zero-order valence-corrected chi connectivity index (χ0v) is 10.9.